The Labute approximate surface area is 278 Å². The van der Waals surface area contributed by atoms with E-state index in [1.165, 1.54) is 44.2 Å². The molecule has 0 aliphatic rings. The molecule has 18 heteroatoms. The summed E-state index contributed by atoms with van der Waals surface area (Å²) in [5.74, 6) is -39.7. The van der Waals surface area contributed by atoms with E-state index >= 15 is 0 Å². The average Bonchev–Trinajstić information content (AvgIpc) is 3.03. The number of benzene rings is 2. The molecule has 0 aliphatic heterocycles. The summed E-state index contributed by atoms with van der Waals surface area (Å²) in [6.45, 7) is 0.749. The molecule has 2 rings (SSSR count). The second kappa shape index (κ2) is 17.0. The molecule has 0 bridgehead atoms. The molecule has 0 heterocycles. The minimum absolute atomic E-state index is 0.108. The number of hydrogen-bond donors (Lipinski definition) is 0. The molecule has 0 N–H and O–H groups in total. The largest absolute Gasteiger partial charge is 0.494 e. The standard InChI is InChI=1S/C32H33F13O5/c1-2-3-4-5-6-7-8-9-19-48-23-14-10-22(11-15-23)26(47)50-24-16-12-21(13-17-24)25(46)49-20-18-27(33,34)28(35,36)29(37,38)30(39,40)31(41,42)32(43,44)45/h10-17H,2-9,18-20H2,1H3. The van der Waals surface area contributed by atoms with Crippen LogP contribution in [0.5, 0.6) is 11.5 Å². The summed E-state index contributed by atoms with van der Waals surface area (Å²) in [7, 11) is 0. The number of rotatable bonds is 20. The molecule has 282 valence electrons. The van der Waals surface area contributed by atoms with Crippen molar-refractivity contribution in [3.8, 4) is 11.5 Å². The molecule has 0 amide bonds. The van der Waals surface area contributed by atoms with Gasteiger partial charge in [0, 0.05) is 0 Å². The van der Waals surface area contributed by atoms with Crippen molar-refractivity contribution < 1.29 is 80.9 Å². The van der Waals surface area contributed by atoms with E-state index in [0.29, 0.717) is 12.4 Å². The first-order chi connectivity index (χ1) is 23.0. The Morgan fingerprint density at radius 1 is 0.520 bits per heavy atom. The summed E-state index contributed by atoms with van der Waals surface area (Å²) >= 11 is 0. The fraction of sp³-hybridized carbons (Fsp3) is 0.562. The van der Waals surface area contributed by atoms with Gasteiger partial charge in [0.05, 0.1) is 30.8 Å². The third kappa shape index (κ3) is 9.95. The zero-order valence-corrected chi connectivity index (χ0v) is 26.4. The Hall–Kier alpha value is -3.73. The minimum atomic E-state index is -8.02. The second-order valence-electron chi connectivity index (χ2n) is 11.1. The van der Waals surface area contributed by atoms with Gasteiger partial charge in [-0.05, 0) is 55.0 Å². The first-order valence-electron chi connectivity index (χ1n) is 15.2. The van der Waals surface area contributed by atoms with Gasteiger partial charge < -0.3 is 14.2 Å². The fourth-order valence-corrected chi connectivity index (χ4v) is 4.25. The summed E-state index contributed by atoms with van der Waals surface area (Å²) < 4.78 is 187. The Bertz CT molecular complexity index is 1380. The number of alkyl halides is 13. The smallest absolute Gasteiger partial charge is 0.460 e. The maximum atomic E-state index is 13.9. The van der Waals surface area contributed by atoms with Gasteiger partial charge in [0.1, 0.15) is 11.5 Å². The van der Waals surface area contributed by atoms with Gasteiger partial charge in [0.2, 0.25) is 0 Å². The number of carbonyl (C=O) groups is 2. The van der Waals surface area contributed by atoms with Gasteiger partial charge in [-0.15, -0.1) is 0 Å². The topological polar surface area (TPSA) is 61.8 Å². The lowest BCUT2D eigenvalue weighted by Crippen LogP contribution is -2.70. The first kappa shape index (κ1) is 42.4. The van der Waals surface area contributed by atoms with E-state index in [4.69, 9.17) is 9.47 Å². The monoisotopic (exact) mass is 744 g/mol. The molecule has 0 unspecified atom stereocenters. The molecule has 0 radical (unpaired) electrons. The number of ether oxygens (including phenoxy) is 3. The molecule has 0 aromatic heterocycles. The predicted octanol–water partition coefficient (Wildman–Crippen LogP) is 10.7. The lowest BCUT2D eigenvalue weighted by molar-refractivity contribution is -0.440. The van der Waals surface area contributed by atoms with Crippen LogP contribution in [0.25, 0.3) is 0 Å². The third-order valence-electron chi connectivity index (χ3n) is 7.30. The minimum Gasteiger partial charge on any atom is -0.494 e. The van der Waals surface area contributed by atoms with Gasteiger partial charge in [-0.25, -0.2) is 9.59 Å². The third-order valence-corrected chi connectivity index (χ3v) is 7.30. The van der Waals surface area contributed by atoms with Crippen molar-refractivity contribution in [2.45, 2.75) is 101 Å². The van der Waals surface area contributed by atoms with Crippen LogP contribution in [-0.2, 0) is 4.74 Å². The van der Waals surface area contributed by atoms with E-state index in [1.807, 2.05) is 0 Å². The normalized spacial score (nSPS) is 13.2. The molecule has 0 spiro atoms. The number of carbonyl (C=O) groups excluding carboxylic acids is 2. The van der Waals surface area contributed by atoms with Crippen LogP contribution in [0.2, 0.25) is 0 Å². The first-order valence-corrected chi connectivity index (χ1v) is 15.2. The van der Waals surface area contributed by atoms with Crippen LogP contribution in [0.3, 0.4) is 0 Å². The van der Waals surface area contributed by atoms with Crippen molar-refractivity contribution in [2.24, 2.45) is 0 Å². The Balaban J connectivity index is 1.88. The van der Waals surface area contributed by atoms with Crippen LogP contribution in [0.15, 0.2) is 48.5 Å². The van der Waals surface area contributed by atoms with E-state index < -0.39 is 66.3 Å². The van der Waals surface area contributed by atoms with Crippen LogP contribution < -0.4 is 9.47 Å². The highest BCUT2D eigenvalue weighted by atomic mass is 19.4. The molecule has 5 nitrogen and oxygen atoms in total. The molecule has 0 saturated heterocycles. The van der Waals surface area contributed by atoms with E-state index in [9.17, 15) is 66.7 Å². The Kier molecular flexibility index (Phi) is 14.4. The molecule has 50 heavy (non-hydrogen) atoms. The Morgan fingerprint density at radius 3 is 1.46 bits per heavy atom. The summed E-state index contributed by atoms with van der Waals surface area (Å²) in [5, 5.41) is 0. The number of hydrogen-bond acceptors (Lipinski definition) is 5. The summed E-state index contributed by atoms with van der Waals surface area (Å²) in [4.78, 5) is 24.5. The SMILES string of the molecule is CCCCCCCCCCOc1ccc(C(=O)Oc2ccc(C(=O)OCCC(F)(F)C(F)(F)C(F)(F)C(F)(F)C(F)(F)C(F)(F)F)cc2)cc1. The van der Waals surface area contributed by atoms with Gasteiger partial charge in [0.15, 0.2) is 0 Å². The fourth-order valence-electron chi connectivity index (χ4n) is 4.25. The van der Waals surface area contributed by atoms with Crippen molar-refractivity contribution >= 4 is 11.9 Å². The van der Waals surface area contributed by atoms with Crippen molar-refractivity contribution in [3.05, 3.63) is 59.7 Å². The van der Waals surface area contributed by atoms with Crippen molar-refractivity contribution in [3.63, 3.8) is 0 Å². The lowest BCUT2D eigenvalue weighted by Gasteiger charge is -2.39. The molecule has 0 atom stereocenters. The molecule has 2 aromatic rings. The quantitative estimate of drug-likeness (QED) is 0.0585. The average molecular weight is 745 g/mol. The van der Waals surface area contributed by atoms with Crippen molar-refractivity contribution in [1.29, 1.82) is 0 Å². The molecule has 2 aromatic carbocycles. The van der Waals surface area contributed by atoms with Crippen molar-refractivity contribution in [1.82, 2.24) is 0 Å². The summed E-state index contributed by atoms with van der Waals surface area (Å²) in [6.07, 6.45) is -1.17. The van der Waals surface area contributed by atoms with Gasteiger partial charge in [-0.1, -0.05) is 51.9 Å². The van der Waals surface area contributed by atoms with Crippen LogP contribution in [0, 0.1) is 0 Å². The van der Waals surface area contributed by atoms with Crippen LogP contribution in [-0.4, -0.2) is 60.9 Å². The Morgan fingerprint density at radius 2 is 0.960 bits per heavy atom. The maximum absolute atomic E-state index is 13.9. The maximum Gasteiger partial charge on any atom is 0.460 e. The number of halogens is 13. The van der Waals surface area contributed by atoms with E-state index in [1.54, 1.807) is 12.1 Å². The molecule has 0 saturated carbocycles. The van der Waals surface area contributed by atoms with E-state index in [-0.39, 0.29) is 11.3 Å². The van der Waals surface area contributed by atoms with Gasteiger partial charge in [0.25, 0.3) is 0 Å². The highest BCUT2D eigenvalue weighted by molar-refractivity contribution is 5.92. The predicted molar refractivity (Wildman–Crippen MR) is 152 cm³/mol. The molecule has 0 aliphatic carbocycles. The number of unbranched alkanes of at least 4 members (excludes halogenated alkanes) is 7. The zero-order chi connectivity index (χ0) is 38.0. The van der Waals surface area contributed by atoms with Gasteiger partial charge in [-0.3, -0.25) is 0 Å². The highest BCUT2D eigenvalue weighted by Crippen LogP contribution is 2.60. The van der Waals surface area contributed by atoms with Crippen molar-refractivity contribution in [2.75, 3.05) is 13.2 Å². The van der Waals surface area contributed by atoms with Crippen LogP contribution >= 0.6 is 0 Å². The van der Waals surface area contributed by atoms with Crippen LogP contribution in [0.1, 0.15) is 85.4 Å². The highest BCUT2D eigenvalue weighted by Gasteiger charge is 2.90. The number of esters is 2. The summed E-state index contributed by atoms with van der Waals surface area (Å²) in [6, 6.07) is 9.77. The van der Waals surface area contributed by atoms with E-state index in [0.717, 1.165) is 43.5 Å². The van der Waals surface area contributed by atoms with Gasteiger partial charge in [-0.2, -0.15) is 57.1 Å². The zero-order valence-electron chi connectivity index (χ0n) is 26.4. The van der Waals surface area contributed by atoms with Crippen LogP contribution in [0.4, 0.5) is 57.1 Å². The van der Waals surface area contributed by atoms with Gasteiger partial charge >= 0.3 is 47.7 Å². The van der Waals surface area contributed by atoms with E-state index in [2.05, 4.69) is 11.7 Å². The molecular formula is C32H33F13O5. The molecule has 0 fully saturated rings. The lowest BCUT2D eigenvalue weighted by atomic mass is 9.93. The molecular weight excluding hydrogens is 711 g/mol. The second-order valence-corrected chi connectivity index (χ2v) is 11.1. The summed E-state index contributed by atoms with van der Waals surface area (Å²) in [5.41, 5.74) is -0.393.